The molecule has 2 aromatic rings. The van der Waals surface area contributed by atoms with E-state index < -0.39 is 0 Å². The number of allylic oxidation sites excluding steroid dienone is 2. The van der Waals surface area contributed by atoms with Crippen molar-refractivity contribution in [2.45, 2.75) is 6.42 Å². The lowest BCUT2D eigenvalue weighted by Crippen LogP contribution is -2.23. The van der Waals surface area contributed by atoms with Crippen molar-refractivity contribution in [2.24, 2.45) is 0 Å². The van der Waals surface area contributed by atoms with E-state index in [0.717, 1.165) is 46.7 Å². The van der Waals surface area contributed by atoms with E-state index in [1.807, 2.05) is 50.5 Å². The first-order valence-corrected chi connectivity index (χ1v) is 17.0. The molecule has 272 valence electrons. The molecule has 0 amide bonds. The number of carbonyl (C=O) groups is 1. The Kier molecular flexibility index (Phi) is 20.5. The van der Waals surface area contributed by atoms with Gasteiger partial charge in [0, 0.05) is 70.3 Å². The molecule has 0 saturated heterocycles. The molecule has 0 N–H and O–H groups in total. The third-order valence-electron chi connectivity index (χ3n) is 7.81. The van der Waals surface area contributed by atoms with Gasteiger partial charge in [0.05, 0.1) is 92.5 Å². The molecule has 11 nitrogen and oxygen atoms in total. The summed E-state index contributed by atoms with van der Waals surface area (Å²) in [6.45, 7) is 9.50. The standard InChI is InChI=1S/C38H56N2O9/c1-39(13-15-44-21-23-48-27-25-46-19-17-42-3)36-9-5-32(6-10-36)29-34-31-35(38(34)41)30-33-7-11-37(12-8-33)40(2)14-16-45-22-24-49-28-26-47-20-18-43-4/h5-12,29-30H,13-28,31H2,1-4H3/b34-29-,35-30-. The van der Waals surface area contributed by atoms with E-state index >= 15 is 0 Å². The molecule has 49 heavy (non-hydrogen) atoms. The van der Waals surface area contributed by atoms with Crippen LogP contribution in [0.15, 0.2) is 59.7 Å². The van der Waals surface area contributed by atoms with Crippen molar-refractivity contribution >= 4 is 29.3 Å². The predicted molar refractivity (Wildman–Crippen MR) is 194 cm³/mol. The molecule has 1 fully saturated rings. The van der Waals surface area contributed by atoms with Crippen molar-refractivity contribution in [3.63, 3.8) is 0 Å². The molecule has 11 heteroatoms. The summed E-state index contributed by atoms with van der Waals surface area (Å²) >= 11 is 0. The van der Waals surface area contributed by atoms with Crippen molar-refractivity contribution in [3.8, 4) is 0 Å². The summed E-state index contributed by atoms with van der Waals surface area (Å²) in [6, 6.07) is 16.5. The Morgan fingerprint density at radius 1 is 0.490 bits per heavy atom. The first-order valence-electron chi connectivity index (χ1n) is 17.0. The van der Waals surface area contributed by atoms with Gasteiger partial charge in [0.15, 0.2) is 5.78 Å². The number of rotatable bonds is 28. The minimum atomic E-state index is 0.113. The van der Waals surface area contributed by atoms with Gasteiger partial charge in [0.1, 0.15) is 0 Å². The van der Waals surface area contributed by atoms with Crippen LogP contribution in [-0.2, 0) is 42.7 Å². The molecule has 0 bridgehead atoms. The highest BCUT2D eigenvalue weighted by molar-refractivity contribution is 6.20. The van der Waals surface area contributed by atoms with Gasteiger partial charge in [0.2, 0.25) is 0 Å². The smallest absolute Gasteiger partial charge is 0.185 e. The highest BCUT2D eigenvalue weighted by Crippen LogP contribution is 2.32. The van der Waals surface area contributed by atoms with Crippen molar-refractivity contribution in [3.05, 3.63) is 70.8 Å². The summed E-state index contributed by atoms with van der Waals surface area (Å²) in [5.74, 6) is 0.113. The predicted octanol–water partition coefficient (Wildman–Crippen LogP) is 4.39. The molecule has 0 aliphatic heterocycles. The van der Waals surface area contributed by atoms with Crippen molar-refractivity contribution in [1.82, 2.24) is 0 Å². The maximum absolute atomic E-state index is 12.9. The van der Waals surface area contributed by atoms with E-state index in [1.165, 1.54) is 0 Å². The second-order valence-electron chi connectivity index (χ2n) is 11.5. The average molecular weight is 685 g/mol. The van der Waals surface area contributed by atoms with Crippen LogP contribution >= 0.6 is 0 Å². The molecule has 3 rings (SSSR count). The van der Waals surface area contributed by atoms with Crippen LogP contribution in [0.4, 0.5) is 11.4 Å². The lowest BCUT2D eigenvalue weighted by Gasteiger charge is -2.21. The minimum Gasteiger partial charge on any atom is -0.382 e. The van der Waals surface area contributed by atoms with Crippen LogP contribution in [0.2, 0.25) is 0 Å². The van der Waals surface area contributed by atoms with Gasteiger partial charge in [-0.25, -0.2) is 0 Å². The van der Waals surface area contributed by atoms with Gasteiger partial charge < -0.3 is 47.7 Å². The van der Waals surface area contributed by atoms with Gasteiger partial charge in [-0.2, -0.15) is 0 Å². The zero-order chi connectivity index (χ0) is 34.9. The molecule has 1 saturated carbocycles. The quantitative estimate of drug-likeness (QED) is 0.0944. The number of ether oxygens (including phenoxy) is 8. The lowest BCUT2D eigenvalue weighted by molar-refractivity contribution is -0.114. The SMILES string of the molecule is COCCOCCOCCOCCN(C)c1ccc(/C=C2/C/C(=C/c3ccc(N(C)CCOCCOCCOCCOC)cc3)C2=O)cc1. The van der Waals surface area contributed by atoms with E-state index in [2.05, 4.69) is 34.1 Å². The van der Waals surface area contributed by atoms with Gasteiger partial charge >= 0.3 is 0 Å². The lowest BCUT2D eigenvalue weighted by atomic mass is 9.82. The summed E-state index contributed by atoms with van der Waals surface area (Å²) in [7, 11) is 7.39. The van der Waals surface area contributed by atoms with Crippen LogP contribution in [0.25, 0.3) is 12.2 Å². The number of carbonyl (C=O) groups excluding carboxylic acids is 1. The first kappa shape index (κ1) is 40.3. The summed E-state index contributed by atoms with van der Waals surface area (Å²) in [5.41, 5.74) is 5.90. The highest BCUT2D eigenvalue weighted by Gasteiger charge is 2.27. The molecule has 0 spiro atoms. The Morgan fingerprint density at radius 2 is 0.796 bits per heavy atom. The molecular weight excluding hydrogens is 628 g/mol. The second-order valence-corrected chi connectivity index (χ2v) is 11.5. The number of methoxy groups -OCH3 is 2. The van der Waals surface area contributed by atoms with Gasteiger partial charge in [-0.05, 0) is 47.5 Å². The number of ketones is 1. The maximum Gasteiger partial charge on any atom is 0.185 e. The molecule has 0 radical (unpaired) electrons. The second kappa shape index (κ2) is 24.9. The third kappa shape index (κ3) is 16.4. The maximum atomic E-state index is 12.9. The summed E-state index contributed by atoms with van der Waals surface area (Å²) < 4.78 is 43.0. The number of likely N-dealkylation sites (N-methyl/N-ethyl adjacent to an activating group) is 2. The molecule has 0 atom stereocenters. The number of hydrogen-bond donors (Lipinski definition) is 0. The fraction of sp³-hybridized carbons (Fsp3) is 0.553. The Labute approximate surface area is 292 Å². The van der Waals surface area contributed by atoms with E-state index in [0.29, 0.717) is 98.9 Å². The van der Waals surface area contributed by atoms with Crippen LogP contribution in [0.3, 0.4) is 0 Å². The van der Waals surface area contributed by atoms with Gasteiger partial charge in [0.25, 0.3) is 0 Å². The Bertz CT molecular complexity index is 1140. The molecule has 1 aliphatic carbocycles. The fourth-order valence-corrected chi connectivity index (χ4v) is 4.78. The Morgan fingerprint density at radius 3 is 1.10 bits per heavy atom. The van der Waals surface area contributed by atoms with Crippen LogP contribution in [0.1, 0.15) is 17.5 Å². The van der Waals surface area contributed by atoms with E-state index in [-0.39, 0.29) is 5.78 Å². The zero-order valence-electron chi connectivity index (χ0n) is 29.9. The van der Waals surface area contributed by atoms with Crippen molar-refractivity contribution in [1.29, 1.82) is 0 Å². The first-order chi connectivity index (χ1) is 24.0. The average Bonchev–Trinajstić information content (AvgIpc) is 3.12. The third-order valence-corrected chi connectivity index (χ3v) is 7.81. The number of benzene rings is 2. The van der Waals surface area contributed by atoms with Gasteiger partial charge in [-0.15, -0.1) is 0 Å². The number of Topliss-reactive ketones (excluding diaryl/α,β-unsaturated/α-hetero) is 1. The zero-order valence-corrected chi connectivity index (χ0v) is 29.9. The number of nitrogens with zero attached hydrogens (tertiary/aromatic N) is 2. The fourth-order valence-electron chi connectivity index (χ4n) is 4.78. The van der Waals surface area contributed by atoms with E-state index in [4.69, 9.17) is 37.9 Å². The molecule has 1 aliphatic rings. The molecule has 2 aromatic carbocycles. The monoisotopic (exact) mass is 684 g/mol. The topological polar surface area (TPSA) is 97.4 Å². The van der Waals surface area contributed by atoms with Crippen LogP contribution in [0, 0.1) is 0 Å². The summed E-state index contributed by atoms with van der Waals surface area (Å²) in [5, 5.41) is 0. The van der Waals surface area contributed by atoms with Crippen LogP contribution < -0.4 is 9.80 Å². The minimum absolute atomic E-state index is 0.113. The molecule has 0 unspecified atom stereocenters. The largest absolute Gasteiger partial charge is 0.382 e. The highest BCUT2D eigenvalue weighted by atomic mass is 16.6. The Hall–Kier alpha value is -3.13. The normalized spacial score (nSPS) is 14.5. The van der Waals surface area contributed by atoms with E-state index in [1.54, 1.807) is 14.2 Å². The van der Waals surface area contributed by atoms with Crippen LogP contribution in [-0.4, -0.2) is 140 Å². The van der Waals surface area contributed by atoms with Crippen molar-refractivity contribution < 1.29 is 42.7 Å². The van der Waals surface area contributed by atoms with E-state index in [9.17, 15) is 4.79 Å². The van der Waals surface area contributed by atoms with Gasteiger partial charge in [-0.1, -0.05) is 24.3 Å². The van der Waals surface area contributed by atoms with Crippen molar-refractivity contribution in [2.75, 3.05) is 144 Å². The molecule has 0 heterocycles. The Balaban J connectivity index is 1.29. The van der Waals surface area contributed by atoms with Crippen LogP contribution in [0.5, 0.6) is 0 Å². The summed E-state index contributed by atoms with van der Waals surface area (Å²) in [4.78, 5) is 17.2. The van der Waals surface area contributed by atoms with Gasteiger partial charge in [-0.3, -0.25) is 4.79 Å². The molecule has 0 aromatic heterocycles. The number of hydrogen-bond acceptors (Lipinski definition) is 11. The number of anilines is 2. The summed E-state index contributed by atoms with van der Waals surface area (Å²) in [6.07, 6.45) is 4.65. The molecular formula is C38H56N2O9.